The Kier molecular flexibility index (Phi) is 6.09. The average Bonchev–Trinajstić information content (AvgIpc) is 2.60. The Labute approximate surface area is 141 Å². The van der Waals surface area contributed by atoms with E-state index in [1.54, 1.807) is 12.1 Å². The number of rotatable bonds is 7. The number of hydrogen-bond donors (Lipinski definition) is 2. The highest BCUT2D eigenvalue weighted by Gasteiger charge is 2.17. The van der Waals surface area contributed by atoms with Gasteiger partial charge in [0.1, 0.15) is 0 Å². The Balaban J connectivity index is 1.85. The van der Waals surface area contributed by atoms with Gasteiger partial charge in [0.2, 0.25) is 5.91 Å². The van der Waals surface area contributed by atoms with Crippen molar-refractivity contribution in [2.75, 3.05) is 7.05 Å². The van der Waals surface area contributed by atoms with Crippen LogP contribution in [0.15, 0.2) is 54.6 Å². The summed E-state index contributed by atoms with van der Waals surface area (Å²) in [5.74, 6) is -1.02. The van der Waals surface area contributed by atoms with E-state index >= 15 is 0 Å². The highest BCUT2D eigenvalue weighted by Crippen LogP contribution is 2.07. The Hall–Kier alpha value is -2.66. The monoisotopic (exact) mass is 326 g/mol. The molecule has 5 heteroatoms. The molecule has 126 valence electrons. The molecule has 0 bridgehead atoms. The largest absolute Gasteiger partial charge is 0.478 e. The molecule has 24 heavy (non-hydrogen) atoms. The van der Waals surface area contributed by atoms with Crippen molar-refractivity contribution in [3.8, 4) is 0 Å². The van der Waals surface area contributed by atoms with E-state index in [0.717, 1.165) is 11.1 Å². The van der Waals surface area contributed by atoms with Gasteiger partial charge in [-0.3, -0.25) is 9.69 Å². The van der Waals surface area contributed by atoms with Gasteiger partial charge in [0.25, 0.3) is 0 Å². The lowest BCUT2D eigenvalue weighted by Gasteiger charge is -2.24. The van der Waals surface area contributed by atoms with Crippen LogP contribution in [0.2, 0.25) is 0 Å². The zero-order valence-corrected chi connectivity index (χ0v) is 13.9. The quantitative estimate of drug-likeness (QED) is 0.820. The molecule has 0 aliphatic rings. The number of nitrogens with one attached hydrogen (secondary N) is 1. The van der Waals surface area contributed by atoms with Crippen LogP contribution in [-0.2, 0) is 17.9 Å². The molecular formula is C19H22N2O3. The molecule has 2 aromatic rings. The molecule has 0 fully saturated rings. The van der Waals surface area contributed by atoms with Gasteiger partial charge in [0.15, 0.2) is 0 Å². The van der Waals surface area contributed by atoms with Gasteiger partial charge in [0.05, 0.1) is 11.6 Å². The van der Waals surface area contributed by atoms with Crippen molar-refractivity contribution in [3.05, 3.63) is 71.3 Å². The van der Waals surface area contributed by atoms with Crippen LogP contribution in [0.3, 0.4) is 0 Å². The van der Waals surface area contributed by atoms with E-state index in [9.17, 15) is 9.59 Å². The first-order chi connectivity index (χ1) is 11.5. The number of nitrogens with zero attached hydrogens (tertiary/aromatic N) is 1. The molecule has 0 spiro atoms. The molecule has 0 aliphatic heterocycles. The smallest absolute Gasteiger partial charge is 0.335 e. The lowest BCUT2D eigenvalue weighted by molar-refractivity contribution is -0.125. The molecule has 0 saturated carbocycles. The van der Waals surface area contributed by atoms with Crippen molar-refractivity contribution in [2.24, 2.45) is 0 Å². The fraction of sp³-hybridized carbons (Fsp3) is 0.263. The third-order valence-corrected chi connectivity index (χ3v) is 3.98. The lowest BCUT2D eigenvalue weighted by atomic mass is 10.1. The van der Waals surface area contributed by atoms with Gasteiger partial charge in [-0.05, 0) is 37.2 Å². The number of hydrogen-bond acceptors (Lipinski definition) is 3. The standard InChI is InChI=1S/C19H22N2O3/c1-14(21(2)13-16-6-4-3-5-7-16)18(22)20-12-15-8-10-17(11-9-15)19(23)24/h3-11,14H,12-13H2,1-2H3,(H,20,22)(H,23,24). The van der Waals surface area contributed by atoms with E-state index in [1.807, 2.05) is 49.2 Å². The summed E-state index contributed by atoms with van der Waals surface area (Å²) in [6.45, 7) is 2.94. The summed E-state index contributed by atoms with van der Waals surface area (Å²) in [6.07, 6.45) is 0. The van der Waals surface area contributed by atoms with E-state index in [-0.39, 0.29) is 17.5 Å². The van der Waals surface area contributed by atoms with E-state index in [1.165, 1.54) is 12.1 Å². The Bertz CT molecular complexity index is 684. The van der Waals surface area contributed by atoms with E-state index in [4.69, 9.17) is 5.11 Å². The maximum Gasteiger partial charge on any atom is 0.335 e. The fourth-order valence-electron chi connectivity index (χ4n) is 2.31. The zero-order valence-electron chi connectivity index (χ0n) is 13.9. The second-order valence-corrected chi connectivity index (χ2v) is 5.80. The molecule has 0 heterocycles. The van der Waals surface area contributed by atoms with Gasteiger partial charge in [-0.1, -0.05) is 42.5 Å². The van der Waals surface area contributed by atoms with Crippen molar-refractivity contribution in [2.45, 2.75) is 26.1 Å². The Morgan fingerprint density at radius 1 is 1.04 bits per heavy atom. The molecule has 2 rings (SSSR count). The predicted molar refractivity (Wildman–Crippen MR) is 92.6 cm³/mol. The normalized spacial score (nSPS) is 12.0. The summed E-state index contributed by atoms with van der Waals surface area (Å²) in [5.41, 5.74) is 2.26. The first-order valence-electron chi connectivity index (χ1n) is 7.81. The molecule has 2 N–H and O–H groups in total. The van der Waals surface area contributed by atoms with Crippen LogP contribution in [0.4, 0.5) is 0 Å². The third-order valence-electron chi connectivity index (χ3n) is 3.98. The lowest BCUT2D eigenvalue weighted by Crippen LogP contribution is -2.42. The topological polar surface area (TPSA) is 69.6 Å². The highest BCUT2D eigenvalue weighted by atomic mass is 16.4. The number of benzene rings is 2. The van der Waals surface area contributed by atoms with Crippen LogP contribution in [-0.4, -0.2) is 35.0 Å². The minimum atomic E-state index is -0.957. The zero-order chi connectivity index (χ0) is 17.5. The number of carbonyl (C=O) groups is 2. The third kappa shape index (κ3) is 4.93. The van der Waals surface area contributed by atoms with Gasteiger partial charge >= 0.3 is 5.97 Å². The van der Waals surface area contributed by atoms with Crippen molar-refractivity contribution < 1.29 is 14.7 Å². The highest BCUT2D eigenvalue weighted by molar-refractivity contribution is 5.87. The summed E-state index contributed by atoms with van der Waals surface area (Å²) >= 11 is 0. The molecule has 2 aromatic carbocycles. The SMILES string of the molecule is CC(C(=O)NCc1ccc(C(=O)O)cc1)N(C)Cc1ccccc1. The molecule has 0 aliphatic carbocycles. The number of aromatic carboxylic acids is 1. The average molecular weight is 326 g/mol. The van der Waals surface area contributed by atoms with Crippen LogP contribution >= 0.6 is 0 Å². The van der Waals surface area contributed by atoms with Gasteiger partial charge < -0.3 is 10.4 Å². The molecule has 1 amide bonds. The molecule has 1 atom stereocenters. The van der Waals surface area contributed by atoms with E-state index in [2.05, 4.69) is 5.32 Å². The molecular weight excluding hydrogens is 304 g/mol. The van der Waals surface area contributed by atoms with Gasteiger partial charge in [0, 0.05) is 13.1 Å². The number of carbonyl (C=O) groups excluding carboxylic acids is 1. The molecule has 1 unspecified atom stereocenters. The van der Waals surface area contributed by atoms with Crippen LogP contribution in [0.25, 0.3) is 0 Å². The fourth-order valence-corrected chi connectivity index (χ4v) is 2.31. The minimum absolute atomic E-state index is 0.0595. The Morgan fingerprint density at radius 3 is 2.25 bits per heavy atom. The summed E-state index contributed by atoms with van der Waals surface area (Å²) in [6, 6.07) is 16.2. The van der Waals surface area contributed by atoms with Gasteiger partial charge in [-0.2, -0.15) is 0 Å². The first kappa shape index (κ1) is 17.7. The van der Waals surface area contributed by atoms with Crippen molar-refractivity contribution in [3.63, 3.8) is 0 Å². The molecule has 0 radical (unpaired) electrons. The number of likely N-dealkylation sites (N-methyl/N-ethyl adjacent to an activating group) is 1. The van der Waals surface area contributed by atoms with Gasteiger partial charge in [-0.15, -0.1) is 0 Å². The maximum absolute atomic E-state index is 12.3. The van der Waals surface area contributed by atoms with E-state index < -0.39 is 5.97 Å². The van der Waals surface area contributed by atoms with Crippen LogP contribution in [0, 0.1) is 0 Å². The summed E-state index contributed by atoms with van der Waals surface area (Å²) in [7, 11) is 1.92. The summed E-state index contributed by atoms with van der Waals surface area (Å²) < 4.78 is 0. The van der Waals surface area contributed by atoms with E-state index in [0.29, 0.717) is 13.1 Å². The van der Waals surface area contributed by atoms with Crippen molar-refractivity contribution in [1.29, 1.82) is 0 Å². The second kappa shape index (κ2) is 8.26. The van der Waals surface area contributed by atoms with Crippen molar-refractivity contribution >= 4 is 11.9 Å². The molecule has 0 saturated heterocycles. The Morgan fingerprint density at radius 2 is 1.67 bits per heavy atom. The summed E-state index contributed by atoms with van der Waals surface area (Å²) in [5, 5.41) is 11.8. The van der Waals surface area contributed by atoms with Crippen LogP contribution in [0.5, 0.6) is 0 Å². The van der Waals surface area contributed by atoms with Gasteiger partial charge in [-0.25, -0.2) is 4.79 Å². The minimum Gasteiger partial charge on any atom is -0.478 e. The molecule has 5 nitrogen and oxygen atoms in total. The molecule has 0 aromatic heterocycles. The summed E-state index contributed by atoms with van der Waals surface area (Å²) in [4.78, 5) is 25.1. The maximum atomic E-state index is 12.3. The number of amides is 1. The number of carboxylic acid groups (broad SMARTS) is 1. The van der Waals surface area contributed by atoms with Crippen LogP contribution < -0.4 is 5.32 Å². The first-order valence-corrected chi connectivity index (χ1v) is 7.81. The second-order valence-electron chi connectivity index (χ2n) is 5.80. The van der Waals surface area contributed by atoms with Crippen LogP contribution in [0.1, 0.15) is 28.4 Å². The predicted octanol–water partition coefficient (Wildman–Crippen LogP) is 2.52. The van der Waals surface area contributed by atoms with Crippen molar-refractivity contribution in [1.82, 2.24) is 10.2 Å². The number of carboxylic acids is 1.